The average molecular weight is 368 g/mol. The molecule has 0 radical (unpaired) electrons. The molecule has 0 bridgehead atoms. The molecule has 5 heteroatoms. The number of piperidine rings is 1. The predicted molar refractivity (Wildman–Crippen MR) is 101 cm³/mol. The topological polar surface area (TPSA) is 58.6 Å². The molecular formula is C22H28N2O3. The quantitative estimate of drug-likeness (QED) is 0.868. The first kappa shape index (κ1) is 17.1. The summed E-state index contributed by atoms with van der Waals surface area (Å²) in [4.78, 5) is 26.5. The van der Waals surface area contributed by atoms with E-state index in [4.69, 9.17) is 4.74 Å². The van der Waals surface area contributed by atoms with Crippen LogP contribution in [0.15, 0.2) is 24.3 Å². The van der Waals surface area contributed by atoms with Crippen molar-refractivity contribution in [2.45, 2.75) is 56.4 Å². The third kappa shape index (κ3) is 3.01. The largest absolute Gasteiger partial charge is 0.450 e. The van der Waals surface area contributed by atoms with Gasteiger partial charge in [0, 0.05) is 30.5 Å². The molecule has 2 atom stereocenters. The Morgan fingerprint density at radius 2 is 2.11 bits per heavy atom. The fraction of sp³-hybridized carbons (Fsp3) is 0.636. The van der Waals surface area contributed by atoms with Crippen LogP contribution in [0.1, 0.15) is 56.1 Å². The summed E-state index contributed by atoms with van der Waals surface area (Å²) in [6, 6.07) is 9.23. The number of hydrogen-bond donors (Lipinski definition) is 1. The van der Waals surface area contributed by atoms with Gasteiger partial charge in [0.2, 0.25) is 5.91 Å². The van der Waals surface area contributed by atoms with Gasteiger partial charge < -0.3 is 15.0 Å². The number of nitrogens with zero attached hydrogens (tertiary/aromatic N) is 1. The molecule has 1 heterocycles. The van der Waals surface area contributed by atoms with Crippen LogP contribution in [0.25, 0.3) is 0 Å². The number of likely N-dealkylation sites (tertiary alicyclic amines) is 1. The zero-order valence-corrected chi connectivity index (χ0v) is 15.9. The van der Waals surface area contributed by atoms with Gasteiger partial charge in [0.05, 0.1) is 6.61 Å². The smallest absolute Gasteiger partial charge is 0.407 e. The van der Waals surface area contributed by atoms with Gasteiger partial charge in [0.25, 0.3) is 0 Å². The zero-order chi connectivity index (χ0) is 18.6. The van der Waals surface area contributed by atoms with E-state index in [1.165, 1.54) is 30.4 Å². The van der Waals surface area contributed by atoms with Crippen molar-refractivity contribution in [3.05, 3.63) is 35.4 Å². The van der Waals surface area contributed by atoms with Crippen molar-refractivity contribution in [2.75, 3.05) is 19.7 Å². The number of nitrogens with one attached hydrogen (secondary N) is 1. The Morgan fingerprint density at radius 1 is 1.30 bits per heavy atom. The monoisotopic (exact) mass is 368 g/mol. The molecule has 2 amide bonds. The van der Waals surface area contributed by atoms with Gasteiger partial charge in [-0.2, -0.15) is 0 Å². The second-order valence-corrected chi connectivity index (χ2v) is 8.91. The average Bonchev–Trinajstić information content (AvgIpc) is 3.56. The van der Waals surface area contributed by atoms with Gasteiger partial charge in [-0.1, -0.05) is 24.3 Å². The minimum absolute atomic E-state index is 0.0595. The minimum Gasteiger partial charge on any atom is -0.450 e. The second-order valence-electron chi connectivity index (χ2n) is 8.91. The van der Waals surface area contributed by atoms with Gasteiger partial charge in [0.15, 0.2) is 0 Å². The fourth-order valence-corrected chi connectivity index (χ4v) is 5.15. The van der Waals surface area contributed by atoms with Crippen LogP contribution < -0.4 is 5.32 Å². The van der Waals surface area contributed by atoms with Gasteiger partial charge >= 0.3 is 6.09 Å². The fourth-order valence-electron chi connectivity index (χ4n) is 5.15. The van der Waals surface area contributed by atoms with Crippen LogP contribution in [0.3, 0.4) is 0 Å². The Morgan fingerprint density at radius 3 is 2.85 bits per heavy atom. The summed E-state index contributed by atoms with van der Waals surface area (Å²) < 4.78 is 4.91. The molecule has 5 nitrogen and oxygen atoms in total. The third-order valence-electron chi connectivity index (χ3n) is 7.05. The summed E-state index contributed by atoms with van der Waals surface area (Å²) in [5.41, 5.74) is 3.15. The Bertz CT molecular complexity index is 769. The van der Waals surface area contributed by atoms with Crippen LogP contribution in [0.2, 0.25) is 0 Å². The molecule has 3 saturated carbocycles. The maximum absolute atomic E-state index is 12.9. The second kappa shape index (κ2) is 6.25. The first-order chi connectivity index (χ1) is 13.1. The van der Waals surface area contributed by atoms with Crippen molar-refractivity contribution < 1.29 is 14.3 Å². The Kier molecular flexibility index (Phi) is 3.95. The number of benzene rings is 1. The maximum Gasteiger partial charge on any atom is 0.407 e. The number of fused-ring (bicyclic) bond motifs is 1. The van der Waals surface area contributed by atoms with E-state index < -0.39 is 0 Å². The highest BCUT2D eigenvalue weighted by Gasteiger charge is 2.62. The summed E-state index contributed by atoms with van der Waals surface area (Å²) in [5, 5.41) is 2.83. The van der Waals surface area contributed by atoms with Crippen molar-refractivity contribution in [1.82, 2.24) is 10.2 Å². The summed E-state index contributed by atoms with van der Waals surface area (Å²) in [6.45, 7) is 3.94. The van der Waals surface area contributed by atoms with Crippen LogP contribution in [0.5, 0.6) is 0 Å². The molecule has 1 aromatic rings. The lowest BCUT2D eigenvalue weighted by molar-refractivity contribution is -0.138. The first-order valence-corrected chi connectivity index (χ1v) is 10.4. The molecule has 4 fully saturated rings. The standard InChI is InChI=1S/C22H28N2O3/c1-2-27-21(26)23-19-9-16(10-19)20(25)24-12-18-11-22(18,13-24)17-5-3-4-15(8-17)14-6-7-14/h3-5,8,14,16,18-19H,2,6-7,9-13H2,1H3,(H,23,26)/t16-,18?,19+,22?. The number of carbonyl (C=O) groups excluding carboxylic acids is 2. The van der Waals surface area contributed by atoms with Crippen molar-refractivity contribution in [2.24, 2.45) is 11.8 Å². The Balaban J connectivity index is 1.18. The lowest BCUT2D eigenvalue weighted by atomic mass is 9.79. The normalized spacial score (nSPS) is 33.8. The molecule has 3 aliphatic carbocycles. The lowest BCUT2D eigenvalue weighted by Crippen LogP contribution is -2.50. The molecule has 1 N–H and O–H groups in total. The summed E-state index contributed by atoms with van der Waals surface area (Å²) in [7, 11) is 0. The Hall–Kier alpha value is -2.04. The number of alkyl carbamates (subject to hydrolysis) is 1. The van der Waals surface area contributed by atoms with Crippen molar-refractivity contribution in [3.63, 3.8) is 0 Å². The van der Waals surface area contributed by atoms with E-state index in [0.717, 1.165) is 31.8 Å². The van der Waals surface area contributed by atoms with E-state index in [1.54, 1.807) is 6.92 Å². The van der Waals surface area contributed by atoms with E-state index >= 15 is 0 Å². The molecule has 4 aliphatic rings. The first-order valence-electron chi connectivity index (χ1n) is 10.4. The van der Waals surface area contributed by atoms with Crippen molar-refractivity contribution in [1.29, 1.82) is 0 Å². The van der Waals surface area contributed by atoms with E-state index in [9.17, 15) is 9.59 Å². The highest BCUT2D eigenvalue weighted by molar-refractivity contribution is 5.81. The lowest BCUT2D eigenvalue weighted by Gasteiger charge is -2.37. The summed E-state index contributed by atoms with van der Waals surface area (Å²) in [6.07, 6.45) is 4.99. The molecule has 1 aliphatic heterocycles. The van der Waals surface area contributed by atoms with Crippen LogP contribution >= 0.6 is 0 Å². The Labute approximate surface area is 160 Å². The molecule has 144 valence electrons. The van der Waals surface area contributed by atoms with Gasteiger partial charge in [-0.3, -0.25) is 4.79 Å². The number of amides is 2. The van der Waals surface area contributed by atoms with E-state index in [1.807, 2.05) is 0 Å². The minimum atomic E-state index is -0.370. The third-order valence-corrected chi connectivity index (χ3v) is 7.05. The number of rotatable bonds is 5. The number of carbonyl (C=O) groups is 2. The van der Waals surface area contributed by atoms with Crippen LogP contribution in [0, 0.1) is 11.8 Å². The van der Waals surface area contributed by atoms with Crippen LogP contribution in [-0.4, -0.2) is 42.6 Å². The van der Waals surface area contributed by atoms with Crippen molar-refractivity contribution in [3.8, 4) is 0 Å². The van der Waals surface area contributed by atoms with Crippen LogP contribution in [0.4, 0.5) is 4.79 Å². The van der Waals surface area contributed by atoms with Gasteiger partial charge in [-0.25, -0.2) is 4.79 Å². The number of ether oxygens (including phenoxy) is 1. The zero-order valence-electron chi connectivity index (χ0n) is 15.9. The van der Waals surface area contributed by atoms with E-state index in [0.29, 0.717) is 12.5 Å². The van der Waals surface area contributed by atoms with E-state index in [-0.39, 0.29) is 29.4 Å². The highest BCUT2D eigenvalue weighted by Crippen LogP contribution is 2.60. The predicted octanol–water partition coefficient (Wildman–Crippen LogP) is 3.19. The molecular weight excluding hydrogens is 340 g/mol. The van der Waals surface area contributed by atoms with Gasteiger partial charge in [-0.05, 0) is 62.0 Å². The number of hydrogen-bond acceptors (Lipinski definition) is 3. The molecule has 0 aromatic heterocycles. The molecule has 2 unspecified atom stereocenters. The maximum atomic E-state index is 12.9. The van der Waals surface area contributed by atoms with Crippen LogP contribution in [-0.2, 0) is 14.9 Å². The molecule has 27 heavy (non-hydrogen) atoms. The molecule has 1 saturated heterocycles. The summed E-state index contributed by atoms with van der Waals surface area (Å²) in [5.74, 6) is 1.74. The molecule has 0 spiro atoms. The van der Waals surface area contributed by atoms with Gasteiger partial charge in [0.1, 0.15) is 0 Å². The summed E-state index contributed by atoms with van der Waals surface area (Å²) >= 11 is 0. The van der Waals surface area contributed by atoms with E-state index in [2.05, 4.69) is 34.5 Å². The SMILES string of the molecule is CCOC(=O)N[C@H]1C[C@@H](C(=O)N2CC3CC3(c3cccc(C4CC4)c3)C2)C1. The highest BCUT2D eigenvalue weighted by atomic mass is 16.5. The molecule has 1 aromatic carbocycles. The van der Waals surface area contributed by atoms with Crippen molar-refractivity contribution >= 4 is 12.0 Å². The molecule has 5 rings (SSSR count). The van der Waals surface area contributed by atoms with Gasteiger partial charge in [-0.15, -0.1) is 0 Å².